The molecule has 0 spiro atoms. The van der Waals surface area contributed by atoms with E-state index in [4.69, 9.17) is 0 Å². The molecule has 0 aliphatic rings. The molecule has 60 valence electrons. The van der Waals surface area contributed by atoms with Gasteiger partial charge in [0.25, 0.3) is 8.61 Å². The molecule has 0 atom stereocenters. The molecule has 2 rings (SSSR count). The number of hydrogen-bond donors (Lipinski definition) is 2. The highest BCUT2D eigenvalue weighted by atomic mass is 31.1. The summed E-state index contributed by atoms with van der Waals surface area (Å²) in [6.07, 6.45) is 1.80. The van der Waals surface area contributed by atoms with Crippen LogP contribution in [0.15, 0.2) is 30.5 Å². The molecule has 1 aromatic carbocycles. The third kappa shape index (κ3) is 1.08. The smallest absolute Gasteiger partial charge is 0.279 e. The van der Waals surface area contributed by atoms with Crippen LogP contribution in [-0.2, 0) is 4.57 Å². The predicted molar refractivity (Wildman–Crippen MR) is 49.5 cm³/mol. The Morgan fingerprint density at radius 2 is 2.17 bits per heavy atom. The summed E-state index contributed by atoms with van der Waals surface area (Å²) in [4.78, 5) is 3.07. The lowest BCUT2D eigenvalue weighted by molar-refractivity contribution is 0.601. The molecule has 3 nitrogen and oxygen atoms in total. The molecule has 2 aromatic rings. The fraction of sp³-hybridized carbons (Fsp3) is 0. The molecular formula is C8H7N2OP. The van der Waals surface area contributed by atoms with Crippen molar-refractivity contribution in [2.45, 2.75) is 0 Å². The summed E-state index contributed by atoms with van der Waals surface area (Å²) in [5.74, 6) is 0. The fourth-order valence-electron chi connectivity index (χ4n) is 1.21. The molecule has 0 saturated carbocycles. The molecule has 12 heavy (non-hydrogen) atoms. The van der Waals surface area contributed by atoms with Gasteiger partial charge in [0, 0.05) is 17.1 Å². The van der Waals surface area contributed by atoms with Crippen LogP contribution in [-0.4, -0.2) is 4.98 Å². The second kappa shape index (κ2) is 2.95. The zero-order chi connectivity index (χ0) is 8.39. The number of fused-ring (bicyclic) bond motifs is 1. The van der Waals surface area contributed by atoms with E-state index in [2.05, 4.69) is 10.1 Å². The van der Waals surface area contributed by atoms with E-state index >= 15 is 0 Å². The lowest BCUT2D eigenvalue weighted by Gasteiger charge is -1.92. The van der Waals surface area contributed by atoms with E-state index in [0.29, 0.717) is 0 Å². The van der Waals surface area contributed by atoms with E-state index in [1.165, 1.54) is 0 Å². The Balaban J connectivity index is 2.62. The molecular weight excluding hydrogens is 171 g/mol. The van der Waals surface area contributed by atoms with Crippen LogP contribution in [0.25, 0.3) is 10.9 Å². The van der Waals surface area contributed by atoms with Crippen LogP contribution in [0.1, 0.15) is 0 Å². The summed E-state index contributed by atoms with van der Waals surface area (Å²) in [6, 6.07) is 7.85. The lowest BCUT2D eigenvalue weighted by Crippen LogP contribution is -1.75. The molecule has 0 bridgehead atoms. The van der Waals surface area contributed by atoms with Gasteiger partial charge in [-0.3, -0.25) is 0 Å². The highest BCUT2D eigenvalue weighted by molar-refractivity contribution is 7.25. The molecule has 1 heterocycles. The largest absolute Gasteiger partial charge is 0.359 e. The normalized spacial score (nSPS) is 10.7. The van der Waals surface area contributed by atoms with Crippen molar-refractivity contribution in [3.8, 4) is 0 Å². The van der Waals surface area contributed by atoms with Crippen molar-refractivity contribution in [3.63, 3.8) is 0 Å². The Bertz CT molecular complexity index is 410. The van der Waals surface area contributed by atoms with Crippen LogP contribution in [0.4, 0.5) is 5.69 Å². The van der Waals surface area contributed by atoms with E-state index in [-0.39, 0.29) is 8.61 Å². The number of aromatic amines is 1. The maximum absolute atomic E-state index is 10.3. The summed E-state index contributed by atoms with van der Waals surface area (Å²) >= 11 is 0. The van der Waals surface area contributed by atoms with Crippen LogP contribution in [0, 0.1) is 0 Å². The molecule has 0 radical (unpaired) electrons. The van der Waals surface area contributed by atoms with E-state index in [9.17, 15) is 4.57 Å². The Kier molecular flexibility index (Phi) is 1.80. The molecule has 4 heteroatoms. The van der Waals surface area contributed by atoms with E-state index < -0.39 is 0 Å². The van der Waals surface area contributed by atoms with Crippen LogP contribution >= 0.6 is 8.61 Å². The highest BCUT2D eigenvalue weighted by Gasteiger charge is 1.99. The first-order chi connectivity index (χ1) is 5.92. The molecule has 0 saturated heterocycles. The average Bonchev–Trinajstić information content (AvgIpc) is 2.50. The molecule has 0 aliphatic heterocycles. The van der Waals surface area contributed by atoms with Crippen LogP contribution < -0.4 is 5.09 Å². The van der Waals surface area contributed by atoms with Gasteiger partial charge in [0.15, 0.2) is 0 Å². The number of aromatic nitrogens is 1. The highest BCUT2D eigenvalue weighted by Crippen LogP contribution is 2.23. The van der Waals surface area contributed by atoms with Gasteiger partial charge >= 0.3 is 0 Å². The average molecular weight is 178 g/mol. The summed E-state index contributed by atoms with van der Waals surface area (Å²) in [6.45, 7) is 0. The van der Waals surface area contributed by atoms with E-state index in [0.717, 1.165) is 16.6 Å². The Labute approximate surface area is 71.0 Å². The third-order valence-electron chi connectivity index (χ3n) is 1.76. The van der Waals surface area contributed by atoms with Gasteiger partial charge < -0.3 is 10.1 Å². The summed E-state index contributed by atoms with van der Waals surface area (Å²) in [5.41, 5.74) is 1.91. The first-order valence-corrected chi connectivity index (χ1v) is 4.37. The molecule has 0 fully saturated rings. The summed E-state index contributed by atoms with van der Waals surface area (Å²) in [5, 5.41) is 3.77. The van der Waals surface area contributed by atoms with Crippen LogP contribution in [0.5, 0.6) is 0 Å². The van der Waals surface area contributed by atoms with Crippen molar-refractivity contribution in [1.29, 1.82) is 0 Å². The minimum absolute atomic E-state index is 0.0752. The van der Waals surface area contributed by atoms with Crippen molar-refractivity contribution in [3.05, 3.63) is 30.5 Å². The van der Waals surface area contributed by atoms with Gasteiger partial charge in [0.1, 0.15) is 0 Å². The summed E-state index contributed by atoms with van der Waals surface area (Å²) in [7, 11) is -0.0752. The van der Waals surface area contributed by atoms with Crippen LogP contribution in [0.3, 0.4) is 0 Å². The zero-order valence-corrected chi connectivity index (χ0v) is 7.14. The van der Waals surface area contributed by atoms with Crippen molar-refractivity contribution >= 4 is 25.2 Å². The molecule has 0 unspecified atom stereocenters. The Morgan fingerprint density at radius 1 is 1.33 bits per heavy atom. The van der Waals surface area contributed by atoms with Crippen LogP contribution in [0.2, 0.25) is 0 Å². The maximum Gasteiger partial charge on any atom is 0.279 e. The molecule has 0 aliphatic carbocycles. The quantitative estimate of drug-likeness (QED) is 0.694. The van der Waals surface area contributed by atoms with Crippen molar-refractivity contribution in [1.82, 2.24) is 4.98 Å². The van der Waals surface area contributed by atoms with Gasteiger partial charge in [-0.1, -0.05) is 18.2 Å². The number of para-hydroxylation sites is 1. The number of anilines is 1. The SMILES string of the molecule is O=PNc1c[nH]c2ccccc12. The van der Waals surface area contributed by atoms with Crippen molar-refractivity contribution in [2.75, 3.05) is 5.09 Å². The fourth-order valence-corrected chi connectivity index (χ4v) is 1.50. The second-order valence-corrected chi connectivity index (χ2v) is 2.86. The lowest BCUT2D eigenvalue weighted by atomic mass is 10.2. The number of benzene rings is 1. The second-order valence-electron chi connectivity index (χ2n) is 2.45. The number of H-pyrrole nitrogens is 1. The first kappa shape index (κ1) is 7.32. The Hall–Kier alpha value is -1.34. The number of rotatable bonds is 2. The van der Waals surface area contributed by atoms with Gasteiger partial charge in [-0.2, -0.15) is 0 Å². The van der Waals surface area contributed by atoms with E-state index in [1.54, 1.807) is 6.20 Å². The standard InChI is InChI=1S/C8H7N2OP/c11-12-10-8-5-9-7-4-2-1-3-6(7)8/h1-5,9H,(H,10,11). The van der Waals surface area contributed by atoms with Gasteiger partial charge in [-0.25, -0.2) is 4.57 Å². The topological polar surface area (TPSA) is 44.9 Å². The predicted octanol–water partition coefficient (Wildman–Crippen LogP) is 2.79. The minimum atomic E-state index is -0.0752. The Morgan fingerprint density at radius 3 is 3.00 bits per heavy atom. The number of hydrogen-bond acceptors (Lipinski definition) is 1. The minimum Gasteiger partial charge on any atom is -0.359 e. The monoisotopic (exact) mass is 178 g/mol. The van der Waals surface area contributed by atoms with Gasteiger partial charge in [-0.15, -0.1) is 0 Å². The molecule has 2 N–H and O–H groups in total. The van der Waals surface area contributed by atoms with Crippen molar-refractivity contribution in [2.24, 2.45) is 0 Å². The first-order valence-electron chi connectivity index (χ1n) is 3.56. The maximum atomic E-state index is 10.3. The van der Waals surface area contributed by atoms with Gasteiger partial charge in [-0.05, 0) is 6.07 Å². The van der Waals surface area contributed by atoms with Gasteiger partial charge in [0.05, 0.1) is 5.69 Å². The zero-order valence-electron chi connectivity index (χ0n) is 6.24. The molecule has 0 amide bonds. The van der Waals surface area contributed by atoms with Crippen molar-refractivity contribution < 1.29 is 4.57 Å². The third-order valence-corrected chi connectivity index (χ3v) is 2.09. The van der Waals surface area contributed by atoms with Gasteiger partial charge in [0.2, 0.25) is 0 Å². The summed E-state index contributed by atoms with van der Waals surface area (Å²) < 4.78 is 10.3. The number of nitrogens with one attached hydrogen (secondary N) is 2. The molecule has 1 aromatic heterocycles. The van der Waals surface area contributed by atoms with E-state index in [1.807, 2.05) is 24.3 Å².